The van der Waals surface area contributed by atoms with Gasteiger partial charge in [0.1, 0.15) is 12.1 Å². The van der Waals surface area contributed by atoms with Crippen LogP contribution >= 0.6 is 27.5 Å². The molecule has 0 saturated heterocycles. The summed E-state index contributed by atoms with van der Waals surface area (Å²) in [5.41, 5.74) is 0. The van der Waals surface area contributed by atoms with E-state index in [-0.39, 0.29) is 11.0 Å². The van der Waals surface area contributed by atoms with E-state index in [9.17, 15) is 0 Å². The Morgan fingerprint density at radius 2 is 1.88 bits per heavy atom. The maximum atomic E-state index is 5.86. The molecule has 4 nitrogen and oxygen atoms in total. The molecule has 0 aliphatic carbocycles. The molecule has 1 heterocycles. The molecule has 0 aliphatic heterocycles. The van der Waals surface area contributed by atoms with Gasteiger partial charge in [0.25, 0.3) is 5.88 Å². The van der Waals surface area contributed by atoms with Crippen LogP contribution in [0, 0.1) is 0 Å². The van der Waals surface area contributed by atoms with Crippen molar-refractivity contribution < 1.29 is 9.47 Å². The smallest absolute Gasteiger partial charge is 0.267 e. The SMILES string of the molecule is COc1c(Cl)ncnc1Oc1ccc(Br)cc1. The molecular weight excluding hydrogens is 307 g/mol. The van der Waals surface area contributed by atoms with Crippen molar-refractivity contribution in [2.75, 3.05) is 7.11 Å². The van der Waals surface area contributed by atoms with Gasteiger partial charge in [0.05, 0.1) is 7.11 Å². The zero-order valence-electron chi connectivity index (χ0n) is 8.85. The maximum absolute atomic E-state index is 5.86. The van der Waals surface area contributed by atoms with Crippen molar-refractivity contribution in [2.24, 2.45) is 0 Å². The average Bonchev–Trinajstić information content (AvgIpc) is 2.32. The Kier molecular flexibility index (Phi) is 3.81. The highest BCUT2D eigenvalue weighted by Gasteiger charge is 2.12. The topological polar surface area (TPSA) is 44.2 Å². The zero-order chi connectivity index (χ0) is 12.3. The largest absolute Gasteiger partial charge is 0.489 e. The van der Waals surface area contributed by atoms with E-state index in [1.807, 2.05) is 12.1 Å². The normalized spacial score (nSPS) is 10.1. The summed E-state index contributed by atoms with van der Waals surface area (Å²) in [5, 5.41) is 0.217. The summed E-state index contributed by atoms with van der Waals surface area (Å²) in [5.74, 6) is 1.24. The Balaban J connectivity index is 2.29. The molecule has 17 heavy (non-hydrogen) atoms. The minimum Gasteiger partial charge on any atom is -0.489 e. The molecule has 2 aromatic rings. The van der Waals surface area contributed by atoms with Gasteiger partial charge in [-0.25, -0.2) is 4.98 Å². The van der Waals surface area contributed by atoms with E-state index in [2.05, 4.69) is 25.9 Å². The summed E-state index contributed by atoms with van der Waals surface area (Å²) in [6.45, 7) is 0. The van der Waals surface area contributed by atoms with Gasteiger partial charge >= 0.3 is 0 Å². The van der Waals surface area contributed by atoms with E-state index >= 15 is 0 Å². The number of aromatic nitrogens is 2. The van der Waals surface area contributed by atoms with Gasteiger partial charge in [-0.3, -0.25) is 0 Å². The number of ether oxygens (including phenoxy) is 2. The lowest BCUT2D eigenvalue weighted by Crippen LogP contribution is -1.95. The fourth-order valence-corrected chi connectivity index (χ4v) is 1.66. The third-order valence-electron chi connectivity index (χ3n) is 1.96. The van der Waals surface area contributed by atoms with Gasteiger partial charge in [0, 0.05) is 4.47 Å². The number of hydrogen-bond acceptors (Lipinski definition) is 4. The molecule has 0 N–H and O–H groups in total. The lowest BCUT2D eigenvalue weighted by atomic mass is 10.3. The van der Waals surface area contributed by atoms with Gasteiger partial charge in [-0.15, -0.1) is 0 Å². The predicted molar refractivity (Wildman–Crippen MR) is 67.8 cm³/mol. The van der Waals surface area contributed by atoms with E-state index in [1.54, 1.807) is 12.1 Å². The third kappa shape index (κ3) is 2.87. The molecular formula is C11H8BrClN2O2. The fraction of sp³-hybridized carbons (Fsp3) is 0.0909. The molecule has 0 bridgehead atoms. The van der Waals surface area contributed by atoms with Crippen LogP contribution in [-0.4, -0.2) is 17.1 Å². The van der Waals surface area contributed by atoms with E-state index in [0.29, 0.717) is 11.5 Å². The van der Waals surface area contributed by atoms with E-state index < -0.39 is 0 Å². The van der Waals surface area contributed by atoms with E-state index in [0.717, 1.165) is 4.47 Å². The van der Waals surface area contributed by atoms with Gasteiger partial charge in [-0.2, -0.15) is 4.98 Å². The summed E-state index contributed by atoms with van der Waals surface area (Å²) in [7, 11) is 1.49. The lowest BCUT2D eigenvalue weighted by Gasteiger charge is -2.09. The molecule has 0 spiro atoms. The number of rotatable bonds is 3. The maximum Gasteiger partial charge on any atom is 0.267 e. The van der Waals surface area contributed by atoms with E-state index in [4.69, 9.17) is 21.1 Å². The number of methoxy groups -OCH3 is 1. The van der Waals surface area contributed by atoms with Gasteiger partial charge in [-0.05, 0) is 24.3 Å². The number of hydrogen-bond donors (Lipinski definition) is 0. The van der Waals surface area contributed by atoms with Crippen molar-refractivity contribution in [2.45, 2.75) is 0 Å². The van der Waals surface area contributed by atoms with Gasteiger partial charge in [-0.1, -0.05) is 27.5 Å². The highest BCUT2D eigenvalue weighted by atomic mass is 79.9. The quantitative estimate of drug-likeness (QED) is 0.810. The number of halogens is 2. The summed E-state index contributed by atoms with van der Waals surface area (Å²) < 4.78 is 11.6. The molecule has 0 aliphatic rings. The van der Waals surface area contributed by atoms with Crippen molar-refractivity contribution >= 4 is 27.5 Å². The van der Waals surface area contributed by atoms with Crippen molar-refractivity contribution in [3.8, 4) is 17.4 Å². The standard InChI is InChI=1S/C11H8BrClN2O2/c1-16-9-10(13)14-6-15-11(9)17-8-4-2-7(12)3-5-8/h2-6H,1H3. The van der Waals surface area contributed by atoms with Gasteiger partial charge in [0.2, 0.25) is 5.75 Å². The third-order valence-corrected chi connectivity index (χ3v) is 2.76. The Morgan fingerprint density at radius 1 is 1.18 bits per heavy atom. The second kappa shape index (κ2) is 5.33. The summed E-state index contributed by atoms with van der Waals surface area (Å²) in [4.78, 5) is 7.78. The van der Waals surface area contributed by atoms with Gasteiger partial charge < -0.3 is 9.47 Å². The summed E-state index contributed by atoms with van der Waals surface area (Å²) >= 11 is 9.20. The van der Waals surface area contributed by atoms with Crippen molar-refractivity contribution in [3.63, 3.8) is 0 Å². The first-order valence-electron chi connectivity index (χ1n) is 4.68. The minimum atomic E-state index is 0.217. The predicted octanol–water partition coefficient (Wildman–Crippen LogP) is 3.69. The highest BCUT2D eigenvalue weighted by Crippen LogP contribution is 2.33. The zero-order valence-corrected chi connectivity index (χ0v) is 11.2. The molecule has 0 fully saturated rings. The van der Waals surface area contributed by atoms with Crippen LogP contribution in [0.2, 0.25) is 5.15 Å². The molecule has 6 heteroatoms. The molecule has 0 unspecified atom stereocenters. The van der Waals surface area contributed by atoms with Crippen LogP contribution in [0.4, 0.5) is 0 Å². The van der Waals surface area contributed by atoms with Crippen LogP contribution < -0.4 is 9.47 Å². The monoisotopic (exact) mass is 314 g/mol. The van der Waals surface area contributed by atoms with Crippen LogP contribution in [-0.2, 0) is 0 Å². The summed E-state index contributed by atoms with van der Waals surface area (Å²) in [6.07, 6.45) is 1.32. The first kappa shape index (κ1) is 12.1. The van der Waals surface area contributed by atoms with Crippen LogP contribution in [0.1, 0.15) is 0 Å². The van der Waals surface area contributed by atoms with Crippen LogP contribution in [0.15, 0.2) is 35.1 Å². The van der Waals surface area contributed by atoms with Crippen LogP contribution in [0.25, 0.3) is 0 Å². The van der Waals surface area contributed by atoms with Crippen molar-refractivity contribution in [1.29, 1.82) is 0 Å². The Hall–Kier alpha value is -1.33. The molecule has 0 radical (unpaired) electrons. The molecule has 88 valence electrons. The molecule has 0 amide bonds. The Bertz CT molecular complexity index is 519. The number of nitrogens with zero attached hydrogens (tertiary/aromatic N) is 2. The van der Waals surface area contributed by atoms with Crippen LogP contribution in [0.3, 0.4) is 0 Å². The Morgan fingerprint density at radius 3 is 2.53 bits per heavy atom. The van der Waals surface area contributed by atoms with Crippen molar-refractivity contribution in [3.05, 3.63) is 40.2 Å². The first-order chi connectivity index (χ1) is 8.20. The van der Waals surface area contributed by atoms with Crippen molar-refractivity contribution in [1.82, 2.24) is 9.97 Å². The first-order valence-corrected chi connectivity index (χ1v) is 5.85. The second-order valence-electron chi connectivity index (χ2n) is 3.06. The molecule has 1 aromatic heterocycles. The van der Waals surface area contributed by atoms with Gasteiger partial charge in [0.15, 0.2) is 5.15 Å². The molecule has 1 aromatic carbocycles. The van der Waals surface area contributed by atoms with Crippen LogP contribution in [0.5, 0.6) is 17.4 Å². The average molecular weight is 316 g/mol. The highest BCUT2D eigenvalue weighted by molar-refractivity contribution is 9.10. The molecule has 0 saturated carbocycles. The number of benzene rings is 1. The molecule has 2 rings (SSSR count). The Labute approximate surface area is 112 Å². The minimum absolute atomic E-state index is 0.217. The summed E-state index contributed by atoms with van der Waals surface area (Å²) in [6, 6.07) is 7.34. The molecule has 0 atom stereocenters. The lowest BCUT2D eigenvalue weighted by molar-refractivity contribution is 0.367. The fourth-order valence-electron chi connectivity index (χ4n) is 1.20. The second-order valence-corrected chi connectivity index (χ2v) is 4.33. The van der Waals surface area contributed by atoms with E-state index in [1.165, 1.54) is 13.4 Å².